The number of nitrogens with two attached hydrogens (primary N) is 1. The minimum Gasteiger partial charge on any atom is -0.488 e. The van der Waals surface area contributed by atoms with E-state index in [4.69, 9.17) is 10.5 Å². The van der Waals surface area contributed by atoms with Gasteiger partial charge in [-0.3, -0.25) is 0 Å². The summed E-state index contributed by atoms with van der Waals surface area (Å²) >= 11 is 0. The third-order valence-electron chi connectivity index (χ3n) is 3.09. The molecule has 88 valence electrons. The van der Waals surface area contributed by atoms with Crippen LogP contribution < -0.4 is 10.5 Å². The maximum absolute atomic E-state index is 9.81. The zero-order valence-corrected chi connectivity index (χ0v) is 9.43. The van der Waals surface area contributed by atoms with E-state index in [9.17, 15) is 5.11 Å². The molecule has 0 spiro atoms. The van der Waals surface area contributed by atoms with Gasteiger partial charge in [0.25, 0.3) is 0 Å². The zero-order valence-electron chi connectivity index (χ0n) is 9.43. The van der Waals surface area contributed by atoms with Crippen LogP contribution in [0.2, 0.25) is 0 Å². The normalized spacial score (nSPS) is 25.4. The fourth-order valence-corrected chi connectivity index (χ4v) is 2.14. The molecule has 0 amide bonds. The molecule has 16 heavy (non-hydrogen) atoms. The average Bonchev–Trinajstić information content (AvgIpc) is 2.32. The summed E-state index contributed by atoms with van der Waals surface area (Å²) in [5.74, 6) is 0.814. The van der Waals surface area contributed by atoms with E-state index in [0.29, 0.717) is 6.54 Å². The van der Waals surface area contributed by atoms with E-state index in [2.05, 4.69) is 0 Å². The second kappa shape index (κ2) is 5.32. The third kappa shape index (κ3) is 2.74. The topological polar surface area (TPSA) is 55.5 Å². The number of benzene rings is 1. The van der Waals surface area contributed by atoms with Gasteiger partial charge >= 0.3 is 0 Å². The van der Waals surface area contributed by atoms with Crippen molar-refractivity contribution in [2.24, 2.45) is 5.73 Å². The quantitative estimate of drug-likeness (QED) is 0.818. The van der Waals surface area contributed by atoms with Crippen LogP contribution in [0.15, 0.2) is 24.3 Å². The largest absolute Gasteiger partial charge is 0.488 e. The van der Waals surface area contributed by atoms with Crippen LogP contribution in [0.25, 0.3) is 0 Å². The van der Waals surface area contributed by atoms with Gasteiger partial charge in [-0.2, -0.15) is 0 Å². The van der Waals surface area contributed by atoms with Crippen molar-refractivity contribution in [2.45, 2.75) is 44.4 Å². The number of rotatable bonds is 3. The summed E-state index contributed by atoms with van der Waals surface area (Å²) < 4.78 is 5.80. The smallest absolute Gasteiger partial charge is 0.124 e. The Morgan fingerprint density at radius 1 is 1.31 bits per heavy atom. The third-order valence-corrected chi connectivity index (χ3v) is 3.09. The van der Waals surface area contributed by atoms with Gasteiger partial charge in [0.15, 0.2) is 0 Å². The van der Waals surface area contributed by atoms with Crippen LogP contribution in [0.5, 0.6) is 5.75 Å². The Morgan fingerprint density at radius 2 is 2.12 bits per heavy atom. The van der Waals surface area contributed by atoms with E-state index in [1.807, 2.05) is 24.3 Å². The van der Waals surface area contributed by atoms with Crippen LogP contribution in [0.1, 0.15) is 31.2 Å². The van der Waals surface area contributed by atoms with Crippen LogP contribution in [0.4, 0.5) is 0 Å². The summed E-state index contributed by atoms with van der Waals surface area (Å²) in [6.45, 7) is 0.518. The molecular formula is C13H19NO2. The molecule has 0 saturated heterocycles. The first-order valence-corrected chi connectivity index (χ1v) is 5.93. The van der Waals surface area contributed by atoms with Gasteiger partial charge in [0.05, 0.1) is 6.10 Å². The lowest BCUT2D eigenvalue weighted by molar-refractivity contribution is 0.00684. The van der Waals surface area contributed by atoms with E-state index in [0.717, 1.165) is 37.0 Å². The number of aliphatic hydroxyl groups excluding tert-OH is 1. The second-order valence-electron chi connectivity index (χ2n) is 4.36. The molecule has 1 aliphatic carbocycles. The van der Waals surface area contributed by atoms with Crippen LogP contribution in [0.3, 0.4) is 0 Å². The molecule has 3 heteroatoms. The summed E-state index contributed by atoms with van der Waals surface area (Å²) in [7, 11) is 0. The van der Waals surface area contributed by atoms with Crippen LogP contribution in [0, 0.1) is 0 Å². The number of aliphatic hydroxyl groups is 1. The van der Waals surface area contributed by atoms with Crippen molar-refractivity contribution in [1.82, 2.24) is 0 Å². The maximum atomic E-state index is 9.81. The number of ether oxygens (including phenoxy) is 1. The van der Waals surface area contributed by atoms with Crippen molar-refractivity contribution < 1.29 is 9.84 Å². The molecule has 0 bridgehead atoms. The van der Waals surface area contributed by atoms with Gasteiger partial charge in [0.1, 0.15) is 11.9 Å². The molecule has 1 aliphatic rings. The molecule has 2 rings (SSSR count). The summed E-state index contributed by atoms with van der Waals surface area (Å²) in [4.78, 5) is 0. The van der Waals surface area contributed by atoms with Crippen LogP contribution in [-0.2, 0) is 6.54 Å². The van der Waals surface area contributed by atoms with Crippen LogP contribution >= 0.6 is 0 Å². The predicted octanol–water partition coefficient (Wildman–Crippen LogP) is 1.83. The van der Waals surface area contributed by atoms with Crippen LogP contribution in [-0.4, -0.2) is 17.3 Å². The first kappa shape index (κ1) is 11.4. The van der Waals surface area contributed by atoms with Crippen molar-refractivity contribution in [3.8, 4) is 5.75 Å². The Kier molecular flexibility index (Phi) is 3.80. The number of hydrogen-bond acceptors (Lipinski definition) is 3. The van der Waals surface area contributed by atoms with Gasteiger partial charge in [-0.1, -0.05) is 18.6 Å². The van der Waals surface area contributed by atoms with Crippen molar-refractivity contribution in [3.05, 3.63) is 29.8 Å². The first-order chi connectivity index (χ1) is 7.79. The minimum absolute atomic E-state index is 0.0539. The summed E-state index contributed by atoms with van der Waals surface area (Å²) in [6, 6.07) is 7.78. The Balaban J connectivity index is 2.01. The van der Waals surface area contributed by atoms with E-state index in [1.54, 1.807) is 0 Å². The van der Waals surface area contributed by atoms with Crippen molar-refractivity contribution in [1.29, 1.82) is 0 Å². The van der Waals surface area contributed by atoms with Gasteiger partial charge in [0.2, 0.25) is 0 Å². The Hall–Kier alpha value is -1.06. The highest BCUT2D eigenvalue weighted by molar-refractivity contribution is 5.28. The predicted molar refractivity (Wildman–Crippen MR) is 63.2 cm³/mol. The molecule has 1 saturated carbocycles. The van der Waals surface area contributed by atoms with E-state index >= 15 is 0 Å². The van der Waals surface area contributed by atoms with Crippen molar-refractivity contribution in [2.75, 3.05) is 0 Å². The minimum atomic E-state index is -0.324. The Morgan fingerprint density at radius 3 is 2.88 bits per heavy atom. The van der Waals surface area contributed by atoms with E-state index < -0.39 is 0 Å². The molecule has 0 radical (unpaired) electrons. The highest BCUT2D eigenvalue weighted by Crippen LogP contribution is 2.24. The van der Waals surface area contributed by atoms with E-state index in [1.165, 1.54) is 0 Å². The van der Waals surface area contributed by atoms with Crippen molar-refractivity contribution >= 4 is 0 Å². The number of hydrogen-bond donors (Lipinski definition) is 2. The highest BCUT2D eigenvalue weighted by Gasteiger charge is 2.24. The fourth-order valence-electron chi connectivity index (χ4n) is 2.14. The monoisotopic (exact) mass is 221 g/mol. The fraction of sp³-hybridized carbons (Fsp3) is 0.538. The Bertz CT molecular complexity index is 340. The molecule has 3 N–H and O–H groups in total. The standard InChI is InChI=1S/C13H19NO2/c14-9-10-4-3-5-11(8-10)16-13-7-2-1-6-12(13)15/h3-5,8,12-13,15H,1-2,6-7,9,14H2. The molecule has 3 nitrogen and oxygen atoms in total. The summed E-state index contributed by atoms with van der Waals surface area (Å²) in [5, 5.41) is 9.81. The molecule has 2 atom stereocenters. The van der Waals surface area contributed by atoms with Gasteiger partial charge in [-0.25, -0.2) is 0 Å². The molecule has 1 aromatic carbocycles. The molecule has 0 aliphatic heterocycles. The van der Waals surface area contributed by atoms with Gasteiger partial charge in [-0.15, -0.1) is 0 Å². The second-order valence-corrected chi connectivity index (χ2v) is 4.36. The molecule has 0 aromatic heterocycles. The molecular weight excluding hydrogens is 202 g/mol. The lowest BCUT2D eigenvalue weighted by Gasteiger charge is -2.28. The molecule has 0 heterocycles. The van der Waals surface area contributed by atoms with Crippen molar-refractivity contribution in [3.63, 3.8) is 0 Å². The van der Waals surface area contributed by atoms with Gasteiger partial charge in [0, 0.05) is 6.54 Å². The van der Waals surface area contributed by atoms with Gasteiger partial charge in [-0.05, 0) is 37.0 Å². The molecule has 1 fully saturated rings. The highest BCUT2D eigenvalue weighted by atomic mass is 16.5. The van der Waals surface area contributed by atoms with E-state index in [-0.39, 0.29) is 12.2 Å². The summed E-state index contributed by atoms with van der Waals surface area (Å²) in [5.41, 5.74) is 6.63. The molecule has 1 aromatic rings. The first-order valence-electron chi connectivity index (χ1n) is 5.93. The lowest BCUT2D eigenvalue weighted by Crippen LogP contribution is -2.34. The zero-order chi connectivity index (χ0) is 11.4. The van der Waals surface area contributed by atoms with Gasteiger partial charge < -0.3 is 15.6 Å². The summed E-state index contributed by atoms with van der Waals surface area (Å²) in [6.07, 6.45) is 3.65. The lowest BCUT2D eigenvalue weighted by atomic mass is 9.95. The molecule has 2 unspecified atom stereocenters. The SMILES string of the molecule is NCc1cccc(OC2CCCCC2O)c1. The average molecular weight is 221 g/mol. The Labute approximate surface area is 96.2 Å². The maximum Gasteiger partial charge on any atom is 0.124 e.